The van der Waals surface area contributed by atoms with Crippen LogP contribution in [0, 0.1) is 0 Å². The fourth-order valence-electron chi connectivity index (χ4n) is 2.06. The van der Waals surface area contributed by atoms with E-state index in [9.17, 15) is 4.79 Å². The topological polar surface area (TPSA) is 38.3 Å². The maximum absolute atomic E-state index is 12.6. The maximum atomic E-state index is 12.6. The summed E-state index contributed by atoms with van der Waals surface area (Å²) in [4.78, 5) is 13.6. The van der Waals surface area contributed by atoms with E-state index >= 15 is 0 Å². The molecule has 3 nitrogen and oxygen atoms in total. The number of amides is 1. The van der Waals surface area contributed by atoms with Crippen molar-refractivity contribution in [3.63, 3.8) is 0 Å². The summed E-state index contributed by atoms with van der Waals surface area (Å²) in [6.07, 6.45) is 0.732. The third kappa shape index (κ3) is 5.19. The molecule has 1 N–H and O–H groups in total. The summed E-state index contributed by atoms with van der Waals surface area (Å²) in [5, 5.41) is 3.48. The quantitative estimate of drug-likeness (QED) is 0.694. The molecular weight excluding hydrogens is 330 g/mol. The number of rotatable bonds is 7. The van der Waals surface area contributed by atoms with Crippen molar-refractivity contribution in [2.45, 2.75) is 30.4 Å². The normalized spacial score (nSPS) is 11.8. The monoisotopic (exact) mass is 349 g/mol. The molecule has 2 aromatic carbocycles. The van der Waals surface area contributed by atoms with Gasteiger partial charge in [0.05, 0.1) is 17.5 Å². The Morgan fingerprint density at radius 1 is 1.17 bits per heavy atom. The van der Waals surface area contributed by atoms with Gasteiger partial charge in [-0.1, -0.05) is 30.7 Å². The van der Waals surface area contributed by atoms with Crippen LogP contribution in [-0.4, -0.2) is 17.8 Å². The maximum Gasteiger partial charge on any atom is 0.237 e. The van der Waals surface area contributed by atoms with Crippen LogP contribution in [0.2, 0.25) is 5.02 Å². The van der Waals surface area contributed by atoms with Crippen molar-refractivity contribution in [3.8, 4) is 5.75 Å². The van der Waals surface area contributed by atoms with Gasteiger partial charge in [0.15, 0.2) is 0 Å². The molecule has 1 atom stereocenters. The Morgan fingerprint density at radius 3 is 2.52 bits per heavy atom. The minimum atomic E-state index is -0.175. The number of thioether (sulfide) groups is 1. The molecule has 2 rings (SSSR count). The first kappa shape index (κ1) is 17.7. The van der Waals surface area contributed by atoms with Crippen LogP contribution in [0.25, 0.3) is 0 Å². The summed E-state index contributed by atoms with van der Waals surface area (Å²) in [5.74, 6) is 0.661. The summed E-state index contributed by atoms with van der Waals surface area (Å²) < 4.78 is 5.55. The van der Waals surface area contributed by atoms with Gasteiger partial charge in [-0.15, -0.1) is 11.8 Å². The molecule has 0 fully saturated rings. The zero-order chi connectivity index (χ0) is 16.7. The zero-order valence-corrected chi connectivity index (χ0v) is 14.8. The fraction of sp³-hybridized carbons (Fsp3) is 0.278. The van der Waals surface area contributed by atoms with E-state index in [1.165, 1.54) is 11.8 Å². The lowest BCUT2D eigenvalue weighted by molar-refractivity contribution is -0.115. The number of carbonyl (C=O) groups is 1. The Balaban J connectivity index is 2.06. The van der Waals surface area contributed by atoms with Crippen molar-refractivity contribution < 1.29 is 9.53 Å². The highest BCUT2D eigenvalue weighted by Gasteiger charge is 2.19. The SMILES string of the molecule is CCOc1ccccc1NC(=O)C(CC)Sc1ccc(Cl)cc1. The molecule has 0 aromatic heterocycles. The molecule has 122 valence electrons. The fourth-order valence-corrected chi connectivity index (χ4v) is 3.14. The first-order valence-electron chi connectivity index (χ1n) is 7.59. The van der Waals surface area contributed by atoms with E-state index in [1.807, 2.05) is 62.4 Å². The number of halogens is 1. The van der Waals surface area contributed by atoms with Crippen LogP contribution in [0.3, 0.4) is 0 Å². The molecule has 23 heavy (non-hydrogen) atoms. The molecule has 0 bridgehead atoms. The van der Waals surface area contributed by atoms with E-state index in [2.05, 4.69) is 5.32 Å². The van der Waals surface area contributed by atoms with Gasteiger partial charge in [0.2, 0.25) is 5.91 Å². The van der Waals surface area contributed by atoms with Crippen LogP contribution in [0.1, 0.15) is 20.3 Å². The molecular formula is C18H20ClNO2S. The Labute approximate surface area is 146 Å². The van der Waals surface area contributed by atoms with Gasteiger partial charge in [0.1, 0.15) is 5.75 Å². The third-order valence-corrected chi connectivity index (χ3v) is 4.83. The lowest BCUT2D eigenvalue weighted by atomic mass is 10.2. The average Bonchev–Trinajstić information content (AvgIpc) is 2.56. The predicted molar refractivity (Wildman–Crippen MR) is 97.6 cm³/mol. The second kappa shape index (κ2) is 8.85. The van der Waals surface area contributed by atoms with Gasteiger partial charge in [0, 0.05) is 9.92 Å². The van der Waals surface area contributed by atoms with Crippen molar-refractivity contribution in [1.29, 1.82) is 0 Å². The van der Waals surface area contributed by atoms with Crippen molar-refractivity contribution in [2.75, 3.05) is 11.9 Å². The van der Waals surface area contributed by atoms with Gasteiger partial charge in [-0.25, -0.2) is 0 Å². The summed E-state index contributed by atoms with van der Waals surface area (Å²) in [5.41, 5.74) is 0.703. The van der Waals surface area contributed by atoms with Crippen LogP contribution >= 0.6 is 23.4 Å². The molecule has 0 aliphatic rings. The summed E-state index contributed by atoms with van der Waals surface area (Å²) in [6, 6.07) is 15.0. The highest BCUT2D eigenvalue weighted by atomic mass is 35.5. The minimum absolute atomic E-state index is 0.0281. The Morgan fingerprint density at radius 2 is 1.87 bits per heavy atom. The second-order valence-corrected chi connectivity index (χ2v) is 6.60. The molecule has 0 aliphatic carbocycles. The number of ether oxygens (including phenoxy) is 1. The standard InChI is InChI=1S/C18H20ClNO2S/c1-3-17(23-14-11-9-13(19)10-12-14)18(21)20-15-7-5-6-8-16(15)22-4-2/h5-12,17H,3-4H2,1-2H3,(H,20,21). The smallest absolute Gasteiger partial charge is 0.237 e. The van der Waals surface area contributed by atoms with Crippen LogP contribution in [0.4, 0.5) is 5.69 Å². The largest absolute Gasteiger partial charge is 0.492 e. The van der Waals surface area contributed by atoms with E-state index in [4.69, 9.17) is 16.3 Å². The molecule has 0 aliphatic heterocycles. The number of para-hydroxylation sites is 2. The number of carbonyl (C=O) groups excluding carboxylic acids is 1. The molecule has 1 amide bonds. The molecule has 0 heterocycles. The first-order chi connectivity index (χ1) is 11.1. The lowest BCUT2D eigenvalue weighted by Gasteiger charge is -2.16. The third-order valence-electron chi connectivity index (χ3n) is 3.20. The van der Waals surface area contributed by atoms with E-state index in [1.54, 1.807) is 0 Å². The minimum Gasteiger partial charge on any atom is -0.492 e. The number of hydrogen-bond acceptors (Lipinski definition) is 3. The second-order valence-electron chi connectivity index (χ2n) is 4.89. The zero-order valence-electron chi connectivity index (χ0n) is 13.2. The highest BCUT2D eigenvalue weighted by Crippen LogP contribution is 2.29. The molecule has 0 saturated heterocycles. The van der Waals surface area contributed by atoms with Gasteiger partial charge in [-0.05, 0) is 49.7 Å². The van der Waals surface area contributed by atoms with Gasteiger partial charge in [-0.2, -0.15) is 0 Å². The molecule has 0 saturated carbocycles. The first-order valence-corrected chi connectivity index (χ1v) is 8.84. The van der Waals surface area contributed by atoms with Crippen LogP contribution in [0.15, 0.2) is 53.4 Å². The van der Waals surface area contributed by atoms with Gasteiger partial charge >= 0.3 is 0 Å². The number of hydrogen-bond donors (Lipinski definition) is 1. The van der Waals surface area contributed by atoms with Crippen molar-refractivity contribution in [3.05, 3.63) is 53.6 Å². The van der Waals surface area contributed by atoms with Gasteiger partial charge in [0.25, 0.3) is 0 Å². The number of anilines is 1. The van der Waals surface area contributed by atoms with Crippen LogP contribution in [-0.2, 0) is 4.79 Å². The summed E-state index contributed by atoms with van der Waals surface area (Å²) in [6.45, 7) is 4.48. The Bertz CT molecular complexity index is 646. The van der Waals surface area contributed by atoms with Crippen LogP contribution in [0.5, 0.6) is 5.75 Å². The van der Waals surface area contributed by atoms with Crippen molar-refractivity contribution in [1.82, 2.24) is 0 Å². The van der Waals surface area contributed by atoms with E-state index in [0.29, 0.717) is 23.1 Å². The number of nitrogens with one attached hydrogen (secondary N) is 1. The molecule has 5 heteroatoms. The number of benzene rings is 2. The van der Waals surface area contributed by atoms with E-state index < -0.39 is 0 Å². The van der Waals surface area contributed by atoms with Gasteiger partial charge < -0.3 is 10.1 Å². The average molecular weight is 350 g/mol. The molecule has 0 spiro atoms. The van der Waals surface area contributed by atoms with E-state index in [-0.39, 0.29) is 11.2 Å². The highest BCUT2D eigenvalue weighted by molar-refractivity contribution is 8.00. The predicted octanol–water partition coefficient (Wildman–Crippen LogP) is 5.25. The molecule has 1 unspecified atom stereocenters. The molecule has 2 aromatic rings. The summed E-state index contributed by atoms with van der Waals surface area (Å²) >= 11 is 7.43. The van der Waals surface area contributed by atoms with Crippen molar-refractivity contribution in [2.24, 2.45) is 0 Å². The van der Waals surface area contributed by atoms with Crippen molar-refractivity contribution >= 4 is 35.0 Å². The van der Waals surface area contributed by atoms with Crippen LogP contribution < -0.4 is 10.1 Å². The Kier molecular flexibility index (Phi) is 6.81. The lowest BCUT2D eigenvalue weighted by Crippen LogP contribution is -2.24. The van der Waals surface area contributed by atoms with E-state index in [0.717, 1.165) is 11.3 Å². The molecule has 0 radical (unpaired) electrons. The summed E-state index contributed by atoms with van der Waals surface area (Å²) in [7, 11) is 0. The van der Waals surface area contributed by atoms with Gasteiger partial charge in [-0.3, -0.25) is 4.79 Å². The Hall–Kier alpha value is -1.65.